The Kier molecular flexibility index (Phi) is 19.1. The second-order valence-electron chi connectivity index (χ2n) is 10.8. The third kappa shape index (κ3) is 16.4. The normalized spacial score (nSPS) is 14.1. The van der Waals surface area contributed by atoms with E-state index in [0.29, 0.717) is 26.4 Å². The summed E-state index contributed by atoms with van der Waals surface area (Å²) >= 11 is 0. The van der Waals surface area contributed by atoms with Gasteiger partial charge < -0.3 is 24.0 Å². The minimum Gasteiger partial charge on any atom is -0.379 e. The lowest BCUT2D eigenvalue weighted by Crippen LogP contribution is -2.26. The Labute approximate surface area is 234 Å². The van der Waals surface area contributed by atoms with Gasteiger partial charge in [0.1, 0.15) is 12.8 Å². The molecule has 1 aromatic rings. The molecule has 1 aromatic carbocycles. The lowest BCUT2D eigenvalue weighted by Gasteiger charge is -2.18. The maximum absolute atomic E-state index is 6.01. The molecule has 0 aromatic heterocycles. The molecule has 0 saturated heterocycles. The maximum Gasteiger partial charge on any atom is 0.141 e. The number of hydrogen-bond donors (Lipinski definition) is 0. The second-order valence-corrected chi connectivity index (χ2v) is 10.8. The Balaban J connectivity index is 1.44. The van der Waals surface area contributed by atoms with Crippen molar-refractivity contribution in [2.24, 2.45) is 0 Å². The van der Waals surface area contributed by atoms with Crippen LogP contribution in [-0.4, -0.2) is 49.4 Å². The Hall–Kier alpha value is -1.56. The number of benzene rings is 1. The van der Waals surface area contributed by atoms with Crippen LogP contribution in [0.15, 0.2) is 36.7 Å². The first-order valence-corrected chi connectivity index (χ1v) is 15.6. The summed E-state index contributed by atoms with van der Waals surface area (Å²) in [5, 5.41) is 0. The molecule has 0 saturated carbocycles. The van der Waals surface area contributed by atoms with Crippen LogP contribution in [0, 0.1) is 6.67 Å². The van der Waals surface area contributed by atoms with Crippen molar-refractivity contribution in [1.82, 2.24) is 9.80 Å². The van der Waals surface area contributed by atoms with E-state index in [2.05, 4.69) is 60.1 Å². The van der Waals surface area contributed by atoms with Gasteiger partial charge in [0.2, 0.25) is 0 Å². The highest BCUT2D eigenvalue weighted by Gasteiger charge is 2.11. The first-order valence-electron chi connectivity index (χ1n) is 15.6. The Morgan fingerprint density at radius 2 is 1.32 bits per heavy atom. The lowest BCUT2D eigenvalue weighted by atomic mass is 10.0. The van der Waals surface area contributed by atoms with E-state index in [4.69, 9.17) is 14.2 Å². The van der Waals surface area contributed by atoms with Gasteiger partial charge in [-0.25, -0.2) is 0 Å². The highest BCUT2D eigenvalue weighted by Crippen LogP contribution is 2.16. The highest BCUT2D eigenvalue weighted by molar-refractivity contribution is 5.23. The van der Waals surface area contributed by atoms with E-state index in [1.165, 1.54) is 94.6 Å². The standard InChI is InChI=1S/C33H57N2O3/c1-4-6-7-8-9-10-11-12-13-14-15-16-17-18-24-36-28-33(38-5-2)29-37-27-32-21-19-20-31(25-32)26-35-23-22-34(3)30-35/h19-23,25,30,33H,4-18,24,26-29H2,1-3H3. The third-order valence-corrected chi connectivity index (χ3v) is 7.10. The molecule has 1 unspecified atom stereocenters. The molecule has 5 heteroatoms. The van der Waals surface area contributed by atoms with Gasteiger partial charge >= 0.3 is 0 Å². The van der Waals surface area contributed by atoms with E-state index in [1.54, 1.807) is 0 Å². The summed E-state index contributed by atoms with van der Waals surface area (Å²) in [5.74, 6) is 0. The third-order valence-electron chi connectivity index (χ3n) is 7.10. The van der Waals surface area contributed by atoms with Crippen molar-refractivity contribution in [2.45, 2.75) is 123 Å². The molecule has 38 heavy (non-hydrogen) atoms. The molecule has 1 atom stereocenters. The summed E-state index contributed by atoms with van der Waals surface area (Å²) in [6.45, 7) is 10.5. The van der Waals surface area contributed by atoms with Gasteiger partial charge in [-0.2, -0.15) is 0 Å². The van der Waals surface area contributed by atoms with Crippen LogP contribution in [0.25, 0.3) is 0 Å². The van der Waals surface area contributed by atoms with Gasteiger partial charge in [0, 0.05) is 39.2 Å². The van der Waals surface area contributed by atoms with Crippen LogP contribution in [0.2, 0.25) is 0 Å². The fourth-order valence-electron chi connectivity index (χ4n) is 4.93. The van der Waals surface area contributed by atoms with Gasteiger partial charge in [0.15, 0.2) is 0 Å². The van der Waals surface area contributed by atoms with Crippen LogP contribution in [0.5, 0.6) is 0 Å². The molecular weight excluding hydrogens is 472 g/mol. The SMILES string of the molecule is CCCCCCCCCCCCCCCCOCC(COCc1cccc(CN2[CH]N(C)C=C2)c1)OCC. The van der Waals surface area contributed by atoms with Crippen LogP contribution >= 0.6 is 0 Å². The predicted molar refractivity (Wildman–Crippen MR) is 159 cm³/mol. The monoisotopic (exact) mass is 529 g/mol. The van der Waals surface area contributed by atoms with Crippen molar-refractivity contribution in [1.29, 1.82) is 0 Å². The molecule has 1 heterocycles. The van der Waals surface area contributed by atoms with Gasteiger partial charge in [-0.1, -0.05) is 115 Å². The van der Waals surface area contributed by atoms with E-state index in [-0.39, 0.29) is 6.10 Å². The number of unbranched alkanes of at least 4 members (excludes halogenated alkanes) is 13. The fraction of sp³-hybridized carbons (Fsp3) is 0.727. The van der Waals surface area contributed by atoms with Gasteiger partial charge in [0.05, 0.1) is 19.8 Å². The molecule has 1 radical (unpaired) electrons. The van der Waals surface area contributed by atoms with Gasteiger partial charge in [0.25, 0.3) is 0 Å². The molecule has 0 aliphatic carbocycles. The average Bonchev–Trinajstić information content (AvgIpc) is 3.32. The number of hydrogen-bond acceptors (Lipinski definition) is 5. The van der Waals surface area contributed by atoms with E-state index in [1.807, 2.05) is 14.0 Å². The molecular formula is C33H57N2O3. The molecule has 0 amide bonds. The number of rotatable bonds is 25. The summed E-state index contributed by atoms with van der Waals surface area (Å²) in [4.78, 5) is 4.24. The topological polar surface area (TPSA) is 34.2 Å². The average molecular weight is 530 g/mol. The maximum atomic E-state index is 6.01. The smallest absolute Gasteiger partial charge is 0.141 e. The molecule has 5 nitrogen and oxygen atoms in total. The van der Waals surface area contributed by atoms with Crippen molar-refractivity contribution < 1.29 is 14.2 Å². The Morgan fingerprint density at radius 3 is 1.92 bits per heavy atom. The summed E-state index contributed by atoms with van der Waals surface area (Å²) in [7, 11) is 2.04. The Bertz CT molecular complexity index is 711. The zero-order valence-corrected chi connectivity index (χ0v) is 24.9. The summed E-state index contributed by atoms with van der Waals surface area (Å²) in [5.41, 5.74) is 2.47. The summed E-state index contributed by atoms with van der Waals surface area (Å²) in [6, 6.07) is 8.62. The summed E-state index contributed by atoms with van der Waals surface area (Å²) < 4.78 is 17.8. The van der Waals surface area contributed by atoms with E-state index < -0.39 is 0 Å². The van der Waals surface area contributed by atoms with Crippen molar-refractivity contribution >= 4 is 0 Å². The zero-order valence-electron chi connectivity index (χ0n) is 24.9. The van der Waals surface area contributed by atoms with Crippen LogP contribution in [0.3, 0.4) is 0 Å². The van der Waals surface area contributed by atoms with Gasteiger partial charge in [-0.05, 0) is 24.5 Å². The quantitative estimate of drug-likeness (QED) is 0.119. The molecule has 1 aliphatic rings. The zero-order chi connectivity index (χ0) is 27.1. The van der Waals surface area contributed by atoms with Crippen LogP contribution < -0.4 is 0 Å². The minimum absolute atomic E-state index is 0.00491. The van der Waals surface area contributed by atoms with Gasteiger partial charge in [-0.15, -0.1) is 0 Å². The summed E-state index contributed by atoms with van der Waals surface area (Å²) in [6.07, 6.45) is 23.5. The van der Waals surface area contributed by atoms with Crippen molar-refractivity contribution in [3.05, 3.63) is 54.5 Å². The lowest BCUT2D eigenvalue weighted by molar-refractivity contribution is -0.0601. The van der Waals surface area contributed by atoms with Crippen molar-refractivity contribution in [3.63, 3.8) is 0 Å². The van der Waals surface area contributed by atoms with Gasteiger partial charge in [-0.3, -0.25) is 0 Å². The molecule has 0 bridgehead atoms. The van der Waals surface area contributed by atoms with Crippen LogP contribution in [-0.2, 0) is 27.4 Å². The van der Waals surface area contributed by atoms with Crippen molar-refractivity contribution in [2.75, 3.05) is 33.5 Å². The fourth-order valence-corrected chi connectivity index (χ4v) is 4.93. The van der Waals surface area contributed by atoms with E-state index in [9.17, 15) is 0 Å². The minimum atomic E-state index is -0.00491. The molecule has 2 rings (SSSR count). The molecule has 1 aliphatic heterocycles. The highest BCUT2D eigenvalue weighted by atomic mass is 16.6. The largest absolute Gasteiger partial charge is 0.379 e. The Morgan fingerprint density at radius 1 is 0.711 bits per heavy atom. The molecule has 0 spiro atoms. The van der Waals surface area contributed by atoms with Crippen LogP contribution in [0.1, 0.15) is 115 Å². The molecule has 217 valence electrons. The number of ether oxygens (including phenoxy) is 3. The molecule has 0 fully saturated rings. The first kappa shape index (κ1) is 32.7. The van der Waals surface area contributed by atoms with Crippen molar-refractivity contribution in [3.8, 4) is 0 Å². The van der Waals surface area contributed by atoms with Crippen LogP contribution in [0.4, 0.5) is 0 Å². The first-order chi connectivity index (χ1) is 18.7. The second kappa shape index (κ2) is 22.3. The predicted octanol–water partition coefficient (Wildman–Crippen LogP) is 8.44. The van der Waals surface area contributed by atoms with E-state index in [0.717, 1.165) is 19.6 Å². The number of nitrogens with zero attached hydrogens (tertiary/aromatic N) is 2. The van der Waals surface area contributed by atoms with E-state index >= 15 is 0 Å². The molecule has 0 N–H and O–H groups in total.